The van der Waals surface area contributed by atoms with Crippen LogP contribution in [0.25, 0.3) is 0 Å². The van der Waals surface area contributed by atoms with Crippen LogP contribution >= 0.6 is 0 Å². The third-order valence-corrected chi connectivity index (χ3v) is 3.83. The summed E-state index contributed by atoms with van der Waals surface area (Å²) in [5.74, 6) is 1.19. The first-order valence-corrected chi connectivity index (χ1v) is 6.23. The fourth-order valence-corrected chi connectivity index (χ4v) is 2.87. The van der Waals surface area contributed by atoms with Gasteiger partial charge in [-0.15, -0.1) is 0 Å². The summed E-state index contributed by atoms with van der Waals surface area (Å²) in [6, 6.07) is 3.65. The van der Waals surface area contributed by atoms with Crippen LogP contribution in [0.1, 0.15) is 11.5 Å². The van der Waals surface area contributed by atoms with E-state index < -0.39 is 0 Å². The van der Waals surface area contributed by atoms with Gasteiger partial charge in [-0.1, -0.05) is 24.3 Å². The summed E-state index contributed by atoms with van der Waals surface area (Å²) in [7, 11) is 1.82. The van der Waals surface area contributed by atoms with Crippen molar-refractivity contribution in [2.24, 2.45) is 5.92 Å². The van der Waals surface area contributed by atoms with Gasteiger partial charge in [0.05, 0.1) is 0 Å². The Bertz CT molecular complexity index is 605. The van der Waals surface area contributed by atoms with Crippen LogP contribution in [0.3, 0.4) is 0 Å². The minimum absolute atomic E-state index is 0.0852. The van der Waals surface area contributed by atoms with Crippen LogP contribution in [0.4, 0.5) is 11.6 Å². The molecule has 5 nitrogen and oxygen atoms in total. The van der Waals surface area contributed by atoms with Gasteiger partial charge in [-0.05, 0) is 6.07 Å². The number of rotatable bonds is 1. The molecule has 1 amide bonds. The molecule has 1 fully saturated rings. The van der Waals surface area contributed by atoms with E-state index in [9.17, 15) is 4.79 Å². The van der Waals surface area contributed by atoms with Crippen molar-refractivity contribution in [2.75, 3.05) is 25.1 Å². The van der Waals surface area contributed by atoms with Gasteiger partial charge < -0.3 is 16.4 Å². The minimum atomic E-state index is 0.0852. The third-order valence-electron chi connectivity index (χ3n) is 3.83. The molecule has 1 aliphatic carbocycles. The zero-order valence-corrected chi connectivity index (χ0v) is 10.7. The monoisotopic (exact) mass is 256 g/mol. The van der Waals surface area contributed by atoms with Crippen LogP contribution in [-0.2, 0) is 4.79 Å². The Morgan fingerprint density at radius 3 is 2.89 bits per heavy atom. The number of allylic oxidation sites excluding steroid dienone is 3. The second kappa shape index (κ2) is 4.12. The number of nitrogens with two attached hydrogens (primary N) is 2. The highest BCUT2D eigenvalue weighted by Crippen LogP contribution is 2.40. The van der Waals surface area contributed by atoms with E-state index in [1.165, 1.54) is 0 Å². The first kappa shape index (κ1) is 11.8. The van der Waals surface area contributed by atoms with Gasteiger partial charge in [0, 0.05) is 36.6 Å². The lowest BCUT2D eigenvalue weighted by Crippen LogP contribution is -2.20. The van der Waals surface area contributed by atoms with Crippen molar-refractivity contribution in [2.45, 2.75) is 5.92 Å². The van der Waals surface area contributed by atoms with Crippen LogP contribution in [0, 0.1) is 5.92 Å². The average Bonchev–Trinajstić information content (AvgIpc) is 2.66. The molecule has 19 heavy (non-hydrogen) atoms. The molecule has 0 spiro atoms. The van der Waals surface area contributed by atoms with Crippen molar-refractivity contribution >= 4 is 17.5 Å². The highest BCUT2D eigenvalue weighted by Gasteiger charge is 2.39. The van der Waals surface area contributed by atoms with Crippen molar-refractivity contribution in [1.29, 1.82) is 0 Å². The molecule has 0 bridgehead atoms. The largest absolute Gasteiger partial charge is 0.384 e. The molecule has 2 unspecified atom stereocenters. The van der Waals surface area contributed by atoms with Crippen molar-refractivity contribution in [3.63, 3.8) is 0 Å². The summed E-state index contributed by atoms with van der Waals surface area (Å²) in [6.07, 6.45) is 5.89. The van der Waals surface area contributed by atoms with Gasteiger partial charge in [0.1, 0.15) is 11.6 Å². The highest BCUT2D eigenvalue weighted by molar-refractivity contribution is 5.97. The maximum atomic E-state index is 12.0. The standard InChI is InChI=1S/C14H16N4O/c1-18-7-11-8(3-2-4-10(11)14(18)19)9-5-6-12(15)17-13(9)16/h2-6,8,11H,7H2,1H3,(H4,15,16,17). The minimum Gasteiger partial charge on any atom is -0.384 e. The fraction of sp³-hybridized carbons (Fsp3) is 0.286. The molecular weight excluding hydrogens is 240 g/mol. The van der Waals surface area contributed by atoms with Gasteiger partial charge in [0.2, 0.25) is 5.91 Å². The van der Waals surface area contributed by atoms with Crippen molar-refractivity contribution in [1.82, 2.24) is 9.88 Å². The van der Waals surface area contributed by atoms with E-state index in [1.54, 1.807) is 11.0 Å². The lowest BCUT2D eigenvalue weighted by Gasteiger charge is -2.24. The second-order valence-corrected chi connectivity index (χ2v) is 5.04. The number of pyridine rings is 1. The number of carbonyl (C=O) groups excluding carboxylic acids is 1. The number of likely N-dealkylation sites (tertiary alicyclic amines) is 1. The number of nitrogen functional groups attached to an aromatic ring is 2. The normalized spacial score (nSPS) is 25.4. The van der Waals surface area contributed by atoms with E-state index in [4.69, 9.17) is 11.5 Å². The van der Waals surface area contributed by atoms with Gasteiger partial charge >= 0.3 is 0 Å². The molecule has 1 saturated heterocycles. The van der Waals surface area contributed by atoms with Gasteiger partial charge in [-0.2, -0.15) is 0 Å². The number of amides is 1. The van der Waals surface area contributed by atoms with E-state index in [2.05, 4.69) is 11.1 Å². The van der Waals surface area contributed by atoms with Crippen molar-refractivity contribution < 1.29 is 4.79 Å². The predicted octanol–water partition coefficient (Wildman–Crippen LogP) is 0.914. The maximum Gasteiger partial charge on any atom is 0.249 e. The Kier molecular flexibility index (Phi) is 2.55. The Hall–Kier alpha value is -2.30. The number of hydrogen-bond donors (Lipinski definition) is 2. The van der Waals surface area contributed by atoms with Crippen LogP contribution in [0.5, 0.6) is 0 Å². The molecule has 2 atom stereocenters. The number of likely N-dealkylation sites (N-methyl/N-ethyl adjacent to an activating group) is 1. The molecule has 3 rings (SSSR count). The SMILES string of the molecule is CN1CC2C(=CC=CC2c2ccc(N)nc2N)C1=O. The molecular formula is C14H16N4O. The molecule has 0 radical (unpaired) electrons. The predicted molar refractivity (Wildman–Crippen MR) is 74.2 cm³/mol. The van der Waals surface area contributed by atoms with E-state index in [1.807, 2.05) is 25.3 Å². The van der Waals surface area contributed by atoms with E-state index in [0.717, 1.165) is 11.1 Å². The van der Waals surface area contributed by atoms with Crippen molar-refractivity contribution in [3.8, 4) is 0 Å². The number of fused-ring (bicyclic) bond motifs is 1. The summed E-state index contributed by atoms with van der Waals surface area (Å²) in [5, 5.41) is 0. The van der Waals surface area contributed by atoms with Crippen LogP contribution in [0.15, 0.2) is 35.9 Å². The first-order valence-electron chi connectivity index (χ1n) is 6.23. The number of anilines is 2. The Balaban J connectivity index is 2.01. The van der Waals surface area contributed by atoms with Gasteiger partial charge in [-0.25, -0.2) is 4.98 Å². The molecule has 4 N–H and O–H groups in total. The van der Waals surface area contributed by atoms with Crippen LogP contribution in [0.2, 0.25) is 0 Å². The Morgan fingerprint density at radius 2 is 2.16 bits per heavy atom. The average molecular weight is 256 g/mol. The number of hydrogen-bond acceptors (Lipinski definition) is 4. The lowest BCUT2D eigenvalue weighted by molar-refractivity contribution is -0.123. The van der Waals surface area contributed by atoms with Crippen LogP contribution in [-0.4, -0.2) is 29.4 Å². The molecule has 1 aromatic heterocycles. The van der Waals surface area contributed by atoms with E-state index in [-0.39, 0.29) is 17.7 Å². The smallest absolute Gasteiger partial charge is 0.249 e. The molecule has 2 aliphatic rings. The second-order valence-electron chi connectivity index (χ2n) is 5.04. The van der Waals surface area contributed by atoms with Crippen LogP contribution < -0.4 is 11.5 Å². The number of carbonyl (C=O) groups is 1. The van der Waals surface area contributed by atoms with Gasteiger partial charge in [0.25, 0.3) is 0 Å². The summed E-state index contributed by atoms with van der Waals surface area (Å²) >= 11 is 0. The highest BCUT2D eigenvalue weighted by atomic mass is 16.2. The van der Waals surface area contributed by atoms with E-state index in [0.29, 0.717) is 18.2 Å². The fourth-order valence-electron chi connectivity index (χ4n) is 2.87. The first-order chi connectivity index (χ1) is 9.08. The quantitative estimate of drug-likeness (QED) is 0.782. The van der Waals surface area contributed by atoms with E-state index >= 15 is 0 Å². The zero-order valence-electron chi connectivity index (χ0n) is 10.7. The molecule has 1 aromatic rings. The Morgan fingerprint density at radius 1 is 1.37 bits per heavy atom. The summed E-state index contributed by atoms with van der Waals surface area (Å²) in [4.78, 5) is 17.9. The molecule has 0 aromatic carbocycles. The zero-order chi connectivity index (χ0) is 13.6. The van der Waals surface area contributed by atoms with Gasteiger partial charge in [0.15, 0.2) is 0 Å². The molecule has 1 aliphatic heterocycles. The Labute approximate surface area is 111 Å². The summed E-state index contributed by atoms with van der Waals surface area (Å²) in [6.45, 7) is 0.712. The summed E-state index contributed by atoms with van der Waals surface area (Å²) in [5.41, 5.74) is 13.4. The maximum absolute atomic E-state index is 12.0. The number of aromatic nitrogens is 1. The molecule has 98 valence electrons. The molecule has 5 heteroatoms. The molecule has 2 heterocycles. The summed E-state index contributed by atoms with van der Waals surface area (Å²) < 4.78 is 0. The lowest BCUT2D eigenvalue weighted by atomic mass is 9.80. The molecule has 0 saturated carbocycles. The number of nitrogens with zero attached hydrogens (tertiary/aromatic N) is 2. The van der Waals surface area contributed by atoms with Crippen molar-refractivity contribution in [3.05, 3.63) is 41.5 Å². The topological polar surface area (TPSA) is 85.2 Å². The van der Waals surface area contributed by atoms with Gasteiger partial charge in [-0.3, -0.25) is 4.79 Å². The third kappa shape index (κ3) is 1.78.